The molecule has 2 atom stereocenters. The van der Waals surface area contributed by atoms with Gasteiger partial charge >= 0.3 is 0 Å². The van der Waals surface area contributed by atoms with Crippen molar-refractivity contribution >= 4 is 40.9 Å². The van der Waals surface area contributed by atoms with Gasteiger partial charge in [-0.2, -0.15) is 0 Å². The second-order valence-electron chi connectivity index (χ2n) is 4.83. The fourth-order valence-corrected chi connectivity index (χ4v) is 3.01. The van der Waals surface area contributed by atoms with Gasteiger partial charge in [0.2, 0.25) is 0 Å². The van der Waals surface area contributed by atoms with Crippen molar-refractivity contribution in [1.82, 2.24) is 10.2 Å². The second-order valence-corrected chi connectivity index (χ2v) is 5.99. The Kier molecular flexibility index (Phi) is 6.54. The predicted molar refractivity (Wildman–Crippen MR) is 90.9 cm³/mol. The second kappa shape index (κ2) is 7.47. The molecule has 0 spiro atoms. The summed E-state index contributed by atoms with van der Waals surface area (Å²) in [4.78, 5) is 14.6. The van der Waals surface area contributed by atoms with Gasteiger partial charge in [0.25, 0.3) is 5.91 Å². The molecule has 1 fully saturated rings. The molecule has 2 unspecified atom stereocenters. The minimum absolute atomic E-state index is 0. The van der Waals surface area contributed by atoms with E-state index >= 15 is 0 Å². The number of amides is 1. The summed E-state index contributed by atoms with van der Waals surface area (Å²) in [5.74, 6) is 0.885. The molecular weight excluding hydrogens is 391 g/mol. The third kappa shape index (κ3) is 3.56. The van der Waals surface area contributed by atoms with Crippen molar-refractivity contribution in [2.75, 3.05) is 20.2 Å². The van der Waals surface area contributed by atoms with E-state index in [-0.39, 0.29) is 24.4 Å². The van der Waals surface area contributed by atoms with Crippen molar-refractivity contribution in [3.63, 3.8) is 0 Å². The van der Waals surface area contributed by atoms with Crippen LogP contribution in [0.15, 0.2) is 18.2 Å². The largest absolute Gasteiger partial charge is 0.497 e. The standard InChI is InChI=1S/C14H19IN2O2.ClH/c1-9-10(2)17(7-6-16-9)14(18)12-5-4-11(19-3)8-13(12)15;/h4-5,8-10,16H,6-7H2,1-3H3;1H. The van der Waals surface area contributed by atoms with E-state index in [1.54, 1.807) is 7.11 Å². The summed E-state index contributed by atoms with van der Waals surface area (Å²) in [6.45, 7) is 5.81. The Morgan fingerprint density at radius 1 is 1.45 bits per heavy atom. The molecular formula is C14H20ClIN2O2. The van der Waals surface area contributed by atoms with E-state index in [1.807, 2.05) is 23.1 Å². The van der Waals surface area contributed by atoms with E-state index in [9.17, 15) is 4.79 Å². The number of hydrogen-bond donors (Lipinski definition) is 1. The Bertz CT molecular complexity index is 484. The minimum atomic E-state index is 0. The molecule has 0 aromatic heterocycles. The first-order valence-corrected chi connectivity index (χ1v) is 7.50. The number of carbonyl (C=O) groups is 1. The maximum absolute atomic E-state index is 12.6. The maximum Gasteiger partial charge on any atom is 0.255 e. The van der Waals surface area contributed by atoms with Crippen LogP contribution < -0.4 is 10.1 Å². The molecule has 1 heterocycles. The zero-order valence-electron chi connectivity index (χ0n) is 11.9. The van der Waals surface area contributed by atoms with Crippen molar-refractivity contribution in [2.24, 2.45) is 0 Å². The van der Waals surface area contributed by atoms with Crippen molar-refractivity contribution < 1.29 is 9.53 Å². The van der Waals surface area contributed by atoms with E-state index in [4.69, 9.17) is 4.74 Å². The highest BCUT2D eigenvalue weighted by atomic mass is 127. The fraction of sp³-hybridized carbons (Fsp3) is 0.500. The van der Waals surface area contributed by atoms with Crippen molar-refractivity contribution in [1.29, 1.82) is 0 Å². The Balaban J connectivity index is 0.00000200. The molecule has 112 valence electrons. The smallest absolute Gasteiger partial charge is 0.255 e. The molecule has 0 saturated carbocycles. The summed E-state index contributed by atoms with van der Waals surface area (Å²) in [5, 5.41) is 3.39. The lowest BCUT2D eigenvalue weighted by Crippen LogP contribution is -2.57. The summed E-state index contributed by atoms with van der Waals surface area (Å²) >= 11 is 2.19. The van der Waals surface area contributed by atoms with Gasteiger partial charge in [-0.1, -0.05) is 0 Å². The Morgan fingerprint density at radius 2 is 2.15 bits per heavy atom. The Hall–Kier alpha value is -0.530. The van der Waals surface area contributed by atoms with Gasteiger partial charge in [-0.05, 0) is 54.6 Å². The summed E-state index contributed by atoms with van der Waals surface area (Å²) in [6, 6.07) is 6.12. The van der Waals surface area contributed by atoms with Gasteiger partial charge < -0.3 is 15.0 Å². The zero-order chi connectivity index (χ0) is 14.0. The number of nitrogens with one attached hydrogen (secondary N) is 1. The lowest BCUT2D eigenvalue weighted by atomic mass is 10.1. The first-order chi connectivity index (χ1) is 9.04. The number of piperazine rings is 1. The van der Waals surface area contributed by atoms with Crippen molar-refractivity contribution in [3.05, 3.63) is 27.3 Å². The molecule has 1 aliphatic rings. The lowest BCUT2D eigenvalue weighted by Gasteiger charge is -2.38. The van der Waals surface area contributed by atoms with Crippen LogP contribution in [0.4, 0.5) is 0 Å². The highest BCUT2D eigenvalue weighted by Crippen LogP contribution is 2.22. The van der Waals surface area contributed by atoms with Gasteiger partial charge in [0.05, 0.1) is 12.7 Å². The zero-order valence-corrected chi connectivity index (χ0v) is 14.8. The van der Waals surface area contributed by atoms with Crippen LogP contribution in [-0.4, -0.2) is 43.1 Å². The minimum Gasteiger partial charge on any atom is -0.497 e. The SMILES string of the molecule is COc1ccc(C(=O)N2CCNC(C)C2C)c(I)c1.Cl. The fourth-order valence-electron chi connectivity index (χ4n) is 2.29. The molecule has 6 heteroatoms. The molecule has 1 aromatic carbocycles. The molecule has 1 aliphatic heterocycles. The van der Waals surface area contributed by atoms with Crippen molar-refractivity contribution in [3.8, 4) is 5.75 Å². The normalized spacial score (nSPS) is 22.1. The van der Waals surface area contributed by atoms with E-state index in [0.717, 1.165) is 28.0 Å². The third-order valence-electron chi connectivity index (χ3n) is 3.70. The Labute approximate surface area is 139 Å². The van der Waals surface area contributed by atoms with Gasteiger partial charge in [-0.3, -0.25) is 4.79 Å². The quantitative estimate of drug-likeness (QED) is 0.762. The van der Waals surface area contributed by atoms with Crippen LogP contribution in [0.5, 0.6) is 5.75 Å². The van der Waals surface area contributed by atoms with Crippen LogP contribution in [-0.2, 0) is 0 Å². The summed E-state index contributed by atoms with van der Waals surface area (Å²) in [6.07, 6.45) is 0. The lowest BCUT2D eigenvalue weighted by molar-refractivity contribution is 0.0602. The number of ether oxygens (including phenoxy) is 1. The van der Waals surface area contributed by atoms with Gasteiger partial charge in [0.15, 0.2) is 0 Å². The van der Waals surface area contributed by atoms with E-state index in [2.05, 4.69) is 41.8 Å². The van der Waals surface area contributed by atoms with E-state index in [1.165, 1.54) is 0 Å². The number of benzene rings is 1. The van der Waals surface area contributed by atoms with Gasteiger partial charge in [-0.15, -0.1) is 12.4 Å². The molecule has 1 aromatic rings. The molecule has 20 heavy (non-hydrogen) atoms. The highest BCUT2D eigenvalue weighted by molar-refractivity contribution is 14.1. The summed E-state index contributed by atoms with van der Waals surface area (Å²) < 4.78 is 6.10. The maximum atomic E-state index is 12.6. The molecule has 1 amide bonds. The summed E-state index contributed by atoms with van der Waals surface area (Å²) in [7, 11) is 1.63. The molecule has 1 saturated heterocycles. The molecule has 4 nitrogen and oxygen atoms in total. The van der Waals surface area contributed by atoms with Gasteiger partial charge in [-0.25, -0.2) is 0 Å². The molecule has 1 N–H and O–H groups in total. The van der Waals surface area contributed by atoms with Crippen LogP contribution in [0.3, 0.4) is 0 Å². The summed E-state index contributed by atoms with van der Waals surface area (Å²) in [5.41, 5.74) is 0.752. The van der Waals surface area contributed by atoms with Crippen LogP contribution >= 0.6 is 35.0 Å². The first kappa shape index (κ1) is 17.5. The number of nitrogens with zero attached hydrogens (tertiary/aromatic N) is 1. The van der Waals surface area contributed by atoms with Crippen molar-refractivity contribution in [2.45, 2.75) is 25.9 Å². The number of carbonyl (C=O) groups excluding carboxylic acids is 1. The topological polar surface area (TPSA) is 41.6 Å². The number of rotatable bonds is 2. The highest BCUT2D eigenvalue weighted by Gasteiger charge is 2.29. The molecule has 0 bridgehead atoms. The van der Waals surface area contributed by atoms with Crippen LogP contribution in [0.25, 0.3) is 0 Å². The van der Waals surface area contributed by atoms with E-state index in [0.29, 0.717) is 6.04 Å². The van der Waals surface area contributed by atoms with Crippen LogP contribution in [0, 0.1) is 3.57 Å². The molecule has 0 aliphatic carbocycles. The number of hydrogen-bond acceptors (Lipinski definition) is 3. The van der Waals surface area contributed by atoms with Gasteiger partial charge in [0, 0.05) is 28.7 Å². The van der Waals surface area contributed by atoms with Crippen LogP contribution in [0.1, 0.15) is 24.2 Å². The first-order valence-electron chi connectivity index (χ1n) is 6.42. The average molecular weight is 411 g/mol. The Morgan fingerprint density at radius 3 is 2.75 bits per heavy atom. The monoisotopic (exact) mass is 410 g/mol. The number of halogens is 2. The van der Waals surface area contributed by atoms with Crippen LogP contribution in [0.2, 0.25) is 0 Å². The predicted octanol–water partition coefficient (Wildman–Crippen LogP) is 2.54. The van der Waals surface area contributed by atoms with Gasteiger partial charge in [0.1, 0.15) is 5.75 Å². The molecule has 2 rings (SSSR count). The average Bonchev–Trinajstić information content (AvgIpc) is 2.41. The molecule has 0 radical (unpaired) electrons. The number of methoxy groups -OCH3 is 1. The van der Waals surface area contributed by atoms with E-state index < -0.39 is 0 Å². The third-order valence-corrected chi connectivity index (χ3v) is 4.59.